The number of aryl methyl sites for hydroxylation is 1. The lowest BCUT2D eigenvalue weighted by molar-refractivity contribution is -0.137. The van der Waals surface area contributed by atoms with Gasteiger partial charge < -0.3 is 9.13 Å². The second kappa shape index (κ2) is 20.2. The second-order valence-corrected chi connectivity index (χ2v) is 20.3. The van der Waals surface area contributed by atoms with E-state index >= 15 is 13.2 Å². The van der Waals surface area contributed by atoms with Crippen LogP contribution in [0.1, 0.15) is 22.3 Å². The van der Waals surface area contributed by atoms with Gasteiger partial charge in [-0.25, -0.2) is 14.5 Å². The van der Waals surface area contributed by atoms with Gasteiger partial charge in [0.2, 0.25) is 0 Å². The zero-order valence-corrected chi connectivity index (χ0v) is 44.1. The van der Waals surface area contributed by atoms with Crippen molar-refractivity contribution in [2.24, 2.45) is 0 Å². The molecule has 13 aromatic rings. The van der Waals surface area contributed by atoms with Crippen molar-refractivity contribution < 1.29 is 13.2 Å². The van der Waals surface area contributed by atoms with Crippen LogP contribution in [0, 0.1) is 49.3 Å². The molecule has 10 heteroatoms. The molecule has 7 nitrogen and oxygen atoms in total. The summed E-state index contributed by atoms with van der Waals surface area (Å²) in [6.07, 6.45) is -4.69. The van der Waals surface area contributed by atoms with E-state index in [1.165, 1.54) is 6.07 Å². The van der Waals surface area contributed by atoms with Crippen molar-refractivity contribution in [3.8, 4) is 90.3 Å². The van der Waals surface area contributed by atoms with Gasteiger partial charge in [-0.15, -0.1) is 0 Å². The summed E-state index contributed by atoms with van der Waals surface area (Å²) in [7, 11) is 0. The average molecular weight is 1070 g/mol. The second-order valence-electron chi connectivity index (χ2n) is 20.3. The van der Waals surface area contributed by atoms with Gasteiger partial charge in [0.25, 0.3) is 0 Å². The molecule has 0 amide bonds. The number of aromatic nitrogens is 2. The zero-order chi connectivity index (χ0) is 57.1. The Morgan fingerprint density at radius 2 is 0.771 bits per heavy atom. The van der Waals surface area contributed by atoms with E-state index in [1.54, 1.807) is 79.7 Å². The van der Waals surface area contributed by atoms with Crippen LogP contribution >= 0.6 is 0 Å². The molecule has 0 atom stereocenters. The third-order valence-electron chi connectivity index (χ3n) is 15.6. The van der Waals surface area contributed by atoms with E-state index in [0.29, 0.717) is 56.1 Å². The van der Waals surface area contributed by atoms with Gasteiger partial charge in [-0.05, 0) is 171 Å². The van der Waals surface area contributed by atoms with Gasteiger partial charge in [-0.2, -0.15) is 23.7 Å². The molecule has 2 heterocycles. The fraction of sp³-hybridized carbons (Fsp3) is 0.0274. The highest BCUT2D eigenvalue weighted by Gasteiger charge is 2.35. The van der Waals surface area contributed by atoms with Crippen molar-refractivity contribution >= 4 is 60.7 Å². The van der Waals surface area contributed by atoms with Crippen LogP contribution in [-0.2, 0) is 6.18 Å². The summed E-state index contributed by atoms with van der Waals surface area (Å²) in [6, 6.07) is 74.1. The molecule has 13 rings (SSSR count). The van der Waals surface area contributed by atoms with Crippen LogP contribution < -0.4 is 0 Å². The minimum atomic E-state index is -4.69. The van der Waals surface area contributed by atoms with E-state index in [2.05, 4.69) is 66.1 Å². The number of rotatable bonds is 8. The molecular formula is C73H40F3N7. The van der Waals surface area contributed by atoms with Crippen LogP contribution in [0.5, 0.6) is 0 Å². The molecule has 0 aliphatic carbocycles. The van der Waals surface area contributed by atoms with Crippen LogP contribution in [0.3, 0.4) is 0 Å². The number of benzene rings is 11. The predicted octanol–water partition coefficient (Wildman–Crippen LogP) is 20.6. The maximum Gasteiger partial charge on any atom is 0.417 e. The lowest BCUT2D eigenvalue weighted by Crippen LogP contribution is -2.08. The zero-order valence-electron chi connectivity index (χ0n) is 44.1. The van der Waals surface area contributed by atoms with E-state index in [-0.39, 0.29) is 11.3 Å². The summed E-state index contributed by atoms with van der Waals surface area (Å²) >= 11 is 0. The number of alkyl halides is 3. The maximum absolute atomic E-state index is 15.3. The SMILES string of the molecule is [C-]#[N+]c1ccc(-c2ccc3c(c2)c2cc(-c4ccc(C#N)cc4)ccc2n3-c2ccc(-c3c(C)cccc3C(F)(F)F)cc2-c2c([N+]#[C-])cccc2-n2c3ccc(-c4ccc(C#N)cc4)cc3c3cc(-c4ccc([N+]#[C-])cc4)ccc32)cc1. The number of hydrogen-bond donors (Lipinski definition) is 0. The third kappa shape index (κ3) is 8.77. The third-order valence-corrected chi connectivity index (χ3v) is 15.6. The molecule has 0 radical (unpaired) electrons. The molecule has 0 bridgehead atoms. The Morgan fingerprint density at radius 3 is 1.17 bits per heavy atom. The Hall–Kier alpha value is -11.7. The molecule has 0 fully saturated rings. The van der Waals surface area contributed by atoms with E-state index in [4.69, 9.17) is 19.7 Å². The molecule has 11 aromatic carbocycles. The summed E-state index contributed by atoms with van der Waals surface area (Å²) in [5.41, 5.74) is 15.1. The Kier molecular flexibility index (Phi) is 12.3. The first-order valence-corrected chi connectivity index (χ1v) is 26.4. The largest absolute Gasteiger partial charge is 0.417 e. The fourth-order valence-corrected chi connectivity index (χ4v) is 11.7. The first kappa shape index (κ1) is 50.7. The monoisotopic (exact) mass is 1070 g/mol. The highest BCUT2D eigenvalue weighted by atomic mass is 19.4. The fourth-order valence-electron chi connectivity index (χ4n) is 11.7. The summed E-state index contributed by atoms with van der Waals surface area (Å²) in [5.74, 6) is 0. The van der Waals surface area contributed by atoms with Crippen molar-refractivity contribution in [2.75, 3.05) is 0 Å². The molecule has 0 spiro atoms. The Labute approximate surface area is 475 Å². The van der Waals surface area contributed by atoms with Crippen molar-refractivity contribution in [1.82, 2.24) is 9.13 Å². The first-order chi connectivity index (χ1) is 40.4. The molecule has 83 heavy (non-hydrogen) atoms. The average Bonchev–Trinajstić information content (AvgIpc) is 4.17. The van der Waals surface area contributed by atoms with Crippen LogP contribution in [0.15, 0.2) is 224 Å². The molecule has 0 aliphatic rings. The minimum absolute atomic E-state index is 0.0296. The van der Waals surface area contributed by atoms with E-state index in [1.807, 2.05) is 109 Å². The normalized spacial score (nSPS) is 11.3. The molecular weight excluding hydrogens is 1030 g/mol. The summed E-state index contributed by atoms with van der Waals surface area (Å²) in [5, 5.41) is 22.8. The first-order valence-electron chi connectivity index (χ1n) is 26.4. The van der Waals surface area contributed by atoms with Gasteiger partial charge in [0.15, 0.2) is 17.1 Å². The van der Waals surface area contributed by atoms with E-state index < -0.39 is 11.7 Å². The lowest BCUT2D eigenvalue weighted by Gasteiger charge is -2.22. The van der Waals surface area contributed by atoms with Gasteiger partial charge >= 0.3 is 6.18 Å². The molecule has 388 valence electrons. The van der Waals surface area contributed by atoms with Gasteiger partial charge in [-0.1, -0.05) is 127 Å². The van der Waals surface area contributed by atoms with Crippen molar-refractivity contribution in [1.29, 1.82) is 10.5 Å². The van der Waals surface area contributed by atoms with Crippen LogP contribution in [-0.4, -0.2) is 9.13 Å². The maximum atomic E-state index is 15.3. The minimum Gasteiger partial charge on any atom is -0.310 e. The molecule has 0 saturated heterocycles. The highest BCUT2D eigenvalue weighted by molar-refractivity contribution is 6.14. The Bertz CT molecular complexity index is 4820. The van der Waals surface area contributed by atoms with Crippen molar-refractivity contribution in [3.05, 3.63) is 281 Å². The van der Waals surface area contributed by atoms with Crippen molar-refractivity contribution in [3.63, 3.8) is 0 Å². The predicted molar refractivity (Wildman–Crippen MR) is 326 cm³/mol. The van der Waals surface area contributed by atoms with E-state index in [0.717, 1.165) is 94.2 Å². The lowest BCUT2D eigenvalue weighted by atomic mass is 9.90. The Balaban J connectivity index is 1.12. The van der Waals surface area contributed by atoms with Gasteiger partial charge in [0.05, 0.1) is 76.3 Å². The molecule has 2 aromatic heterocycles. The molecule has 0 unspecified atom stereocenters. The van der Waals surface area contributed by atoms with Crippen LogP contribution in [0.2, 0.25) is 0 Å². The number of hydrogen-bond acceptors (Lipinski definition) is 2. The standard InChI is InChI=1S/C73H40F3N7/c1-44-7-5-8-63(73(74,75)76)71(44)55-27-36-69(82-65-32-23-51(47-15-11-45(42-77)12-16-47)37-58(65)59-39-53(24-33-66(59)82)49-19-28-56(79-2)29-20-49)62(41-55)72-64(81-4)9-6-10-70(72)83-67-34-25-52(48-17-13-46(43-78)14-18-48)38-60(67)61-40-54(26-35-68(61)83)50-21-30-57(80-3)31-22-50/h5-41H,1H3. The molecule has 0 saturated carbocycles. The highest BCUT2D eigenvalue weighted by Crippen LogP contribution is 2.49. The number of nitriles is 2. The molecule has 0 N–H and O–H groups in total. The van der Waals surface area contributed by atoms with Crippen molar-refractivity contribution in [2.45, 2.75) is 13.1 Å². The summed E-state index contributed by atoms with van der Waals surface area (Å²) in [6.45, 7) is 25.7. The van der Waals surface area contributed by atoms with Gasteiger partial charge in [-0.3, -0.25) is 0 Å². The van der Waals surface area contributed by atoms with Gasteiger partial charge in [0, 0.05) is 32.8 Å². The summed E-state index contributed by atoms with van der Waals surface area (Å²) < 4.78 is 50.1. The quantitative estimate of drug-likeness (QED) is 0.142. The molecule has 0 aliphatic heterocycles. The number of halogens is 3. The van der Waals surface area contributed by atoms with Crippen LogP contribution in [0.4, 0.5) is 30.2 Å². The van der Waals surface area contributed by atoms with Crippen LogP contribution in [0.25, 0.3) is 136 Å². The van der Waals surface area contributed by atoms with Gasteiger partial charge in [0.1, 0.15) is 0 Å². The summed E-state index contributed by atoms with van der Waals surface area (Å²) in [4.78, 5) is 11.4. The van der Waals surface area contributed by atoms with E-state index in [9.17, 15) is 10.5 Å². The smallest absolute Gasteiger partial charge is 0.310 e. The number of nitrogens with zero attached hydrogens (tertiary/aromatic N) is 7. The number of fused-ring (bicyclic) bond motifs is 6. The topological polar surface area (TPSA) is 70.5 Å². The Morgan fingerprint density at radius 1 is 0.386 bits per heavy atom.